The highest BCUT2D eigenvalue weighted by atomic mass is 14.7. The third kappa shape index (κ3) is 1.42. The molecule has 1 radical (unpaired) electrons. The van der Waals surface area contributed by atoms with Crippen LogP contribution in [0.2, 0.25) is 0 Å². The van der Waals surface area contributed by atoms with E-state index in [1.54, 1.807) is 6.20 Å². The summed E-state index contributed by atoms with van der Waals surface area (Å²) in [4.78, 5) is 4.32. The normalized spacial score (nSPS) is 17.1. The second-order valence-corrected chi connectivity index (χ2v) is 3.10. The van der Waals surface area contributed by atoms with E-state index in [0.717, 1.165) is 0 Å². The molecule has 0 fully saturated rings. The molecule has 0 saturated heterocycles. The third-order valence-corrected chi connectivity index (χ3v) is 2.28. The van der Waals surface area contributed by atoms with Crippen molar-refractivity contribution in [2.75, 3.05) is 0 Å². The fourth-order valence-corrected chi connectivity index (χ4v) is 1.65. The number of pyridine rings is 1. The van der Waals surface area contributed by atoms with Crippen LogP contribution >= 0.6 is 0 Å². The van der Waals surface area contributed by atoms with Gasteiger partial charge in [-0.15, -0.1) is 0 Å². The van der Waals surface area contributed by atoms with E-state index in [0.29, 0.717) is 0 Å². The largest absolute Gasteiger partial charge is 0.260 e. The monoisotopic (exact) mass is 146 g/mol. The van der Waals surface area contributed by atoms with E-state index < -0.39 is 0 Å². The third-order valence-electron chi connectivity index (χ3n) is 2.28. The predicted molar refractivity (Wildman–Crippen MR) is 44.3 cm³/mol. The van der Waals surface area contributed by atoms with Crippen molar-refractivity contribution in [1.82, 2.24) is 4.98 Å². The minimum atomic E-state index is 1.17. The molecular formula is C10H12N. The van der Waals surface area contributed by atoms with Crippen LogP contribution in [0.3, 0.4) is 0 Å². The Bertz CT molecular complexity index is 217. The highest BCUT2D eigenvalue weighted by Gasteiger charge is 2.06. The fourth-order valence-electron chi connectivity index (χ4n) is 1.65. The topological polar surface area (TPSA) is 12.9 Å². The fraction of sp³-hybridized carbons (Fsp3) is 0.500. The van der Waals surface area contributed by atoms with Gasteiger partial charge in [-0.1, -0.05) is 6.42 Å². The lowest BCUT2D eigenvalue weighted by molar-refractivity contribution is 0.708. The van der Waals surface area contributed by atoms with Crippen LogP contribution in [0.1, 0.15) is 30.5 Å². The molecule has 11 heavy (non-hydrogen) atoms. The summed E-state index contributed by atoms with van der Waals surface area (Å²) in [5.74, 6) is 0. The number of rotatable bonds is 0. The van der Waals surface area contributed by atoms with Crippen molar-refractivity contribution in [3.63, 3.8) is 0 Å². The van der Waals surface area contributed by atoms with Gasteiger partial charge in [0.2, 0.25) is 0 Å². The average Bonchev–Trinajstić information content (AvgIpc) is 2.28. The first-order valence-electron chi connectivity index (χ1n) is 4.30. The van der Waals surface area contributed by atoms with Gasteiger partial charge < -0.3 is 0 Å². The summed E-state index contributed by atoms with van der Waals surface area (Å²) < 4.78 is 0. The lowest BCUT2D eigenvalue weighted by Gasteiger charge is -2.00. The van der Waals surface area contributed by atoms with Crippen molar-refractivity contribution in [3.8, 4) is 0 Å². The maximum absolute atomic E-state index is 4.32. The van der Waals surface area contributed by atoms with Gasteiger partial charge in [-0.25, -0.2) is 0 Å². The molecule has 1 nitrogen and oxygen atoms in total. The molecular weight excluding hydrogens is 134 g/mol. The molecule has 57 valence electrons. The average molecular weight is 146 g/mol. The van der Waals surface area contributed by atoms with Crippen LogP contribution in [0.15, 0.2) is 12.3 Å². The zero-order valence-corrected chi connectivity index (χ0v) is 6.64. The Hall–Kier alpha value is -0.850. The molecule has 0 spiro atoms. The van der Waals surface area contributed by atoms with E-state index in [4.69, 9.17) is 0 Å². The molecule has 0 bridgehead atoms. The minimum Gasteiger partial charge on any atom is -0.260 e. The Kier molecular flexibility index (Phi) is 1.89. The highest BCUT2D eigenvalue weighted by molar-refractivity contribution is 5.20. The number of hydrogen-bond donors (Lipinski definition) is 0. The first kappa shape index (κ1) is 6.84. The first-order chi connectivity index (χ1) is 5.47. The molecule has 0 aromatic carbocycles. The van der Waals surface area contributed by atoms with Gasteiger partial charge in [0, 0.05) is 18.0 Å². The molecule has 1 heterocycles. The van der Waals surface area contributed by atoms with Gasteiger partial charge in [-0.05, 0) is 37.3 Å². The number of aryl methyl sites for hydroxylation is 2. The van der Waals surface area contributed by atoms with Crippen molar-refractivity contribution >= 4 is 0 Å². The molecule has 0 amide bonds. The van der Waals surface area contributed by atoms with Gasteiger partial charge in [0.05, 0.1) is 0 Å². The second-order valence-electron chi connectivity index (χ2n) is 3.10. The minimum absolute atomic E-state index is 1.17. The molecule has 0 N–H and O–H groups in total. The summed E-state index contributed by atoms with van der Waals surface area (Å²) in [5.41, 5.74) is 2.73. The van der Waals surface area contributed by atoms with Crippen LogP contribution in [0, 0.1) is 6.07 Å². The Morgan fingerprint density at radius 1 is 1.18 bits per heavy atom. The van der Waals surface area contributed by atoms with Crippen LogP contribution in [0.25, 0.3) is 0 Å². The quantitative estimate of drug-likeness (QED) is 0.511. The van der Waals surface area contributed by atoms with Crippen LogP contribution in [-0.4, -0.2) is 4.98 Å². The number of hydrogen-bond acceptors (Lipinski definition) is 1. The maximum atomic E-state index is 4.32. The van der Waals surface area contributed by atoms with Crippen molar-refractivity contribution in [2.24, 2.45) is 0 Å². The molecule has 0 unspecified atom stereocenters. The highest BCUT2D eigenvalue weighted by Crippen LogP contribution is 2.17. The van der Waals surface area contributed by atoms with E-state index in [-0.39, 0.29) is 0 Å². The first-order valence-corrected chi connectivity index (χ1v) is 4.30. The maximum Gasteiger partial charge on any atom is 0.0436 e. The zero-order valence-electron chi connectivity index (χ0n) is 6.64. The number of aromatic nitrogens is 1. The van der Waals surface area contributed by atoms with Crippen molar-refractivity contribution in [2.45, 2.75) is 32.1 Å². The molecule has 1 aliphatic rings. The molecule has 1 aliphatic carbocycles. The molecule has 1 heteroatoms. The predicted octanol–water partition coefficient (Wildman–Crippen LogP) is 2.15. The number of fused-ring (bicyclic) bond motifs is 1. The summed E-state index contributed by atoms with van der Waals surface area (Å²) in [6.45, 7) is 0. The van der Waals surface area contributed by atoms with Gasteiger partial charge in [0.15, 0.2) is 0 Å². The standard InChI is InChI=1S/C10H12N/c1-2-5-9-6-4-8-11-10(9)7-3-1/h6,8H,1-3,5,7H2. The van der Waals surface area contributed by atoms with Crippen molar-refractivity contribution in [3.05, 3.63) is 29.6 Å². The summed E-state index contributed by atoms with van der Waals surface area (Å²) >= 11 is 0. The molecule has 0 saturated carbocycles. The van der Waals surface area contributed by atoms with E-state index in [2.05, 4.69) is 17.1 Å². The Labute approximate surface area is 67.5 Å². The van der Waals surface area contributed by atoms with E-state index in [9.17, 15) is 0 Å². The summed E-state index contributed by atoms with van der Waals surface area (Å²) in [6, 6.07) is 5.13. The van der Waals surface area contributed by atoms with E-state index >= 15 is 0 Å². The van der Waals surface area contributed by atoms with Crippen molar-refractivity contribution < 1.29 is 0 Å². The zero-order chi connectivity index (χ0) is 7.52. The smallest absolute Gasteiger partial charge is 0.0436 e. The van der Waals surface area contributed by atoms with Gasteiger partial charge in [-0.2, -0.15) is 0 Å². The SMILES string of the molecule is [c]1cnc2c(c1)CCCCC2. The molecule has 1 aromatic heterocycles. The van der Waals surface area contributed by atoms with Crippen LogP contribution < -0.4 is 0 Å². The summed E-state index contributed by atoms with van der Waals surface area (Å²) in [5, 5.41) is 0. The van der Waals surface area contributed by atoms with Crippen LogP contribution in [0.5, 0.6) is 0 Å². The Morgan fingerprint density at radius 3 is 3.09 bits per heavy atom. The second kappa shape index (κ2) is 3.04. The van der Waals surface area contributed by atoms with Gasteiger partial charge in [0.1, 0.15) is 0 Å². The van der Waals surface area contributed by atoms with E-state index in [1.807, 2.05) is 0 Å². The lowest BCUT2D eigenvalue weighted by atomic mass is 10.1. The molecule has 0 aliphatic heterocycles. The van der Waals surface area contributed by atoms with Gasteiger partial charge >= 0.3 is 0 Å². The van der Waals surface area contributed by atoms with E-state index in [1.165, 1.54) is 43.4 Å². The Morgan fingerprint density at radius 2 is 2.09 bits per heavy atom. The summed E-state index contributed by atoms with van der Waals surface area (Å²) in [7, 11) is 0. The van der Waals surface area contributed by atoms with Crippen LogP contribution in [0.4, 0.5) is 0 Å². The molecule has 0 atom stereocenters. The summed E-state index contributed by atoms with van der Waals surface area (Å²) in [6.07, 6.45) is 8.15. The van der Waals surface area contributed by atoms with Crippen LogP contribution in [-0.2, 0) is 12.8 Å². The molecule has 2 rings (SSSR count). The molecule has 1 aromatic rings. The van der Waals surface area contributed by atoms with Crippen molar-refractivity contribution in [1.29, 1.82) is 0 Å². The van der Waals surface area contributed by atoms with Gasteiger partial charge in [0.25, 0.3) is 0 Å². The Balaban J connectivity index is 2.33. The van der Waals surface area contributed by atoms with Gasteiger partial charge in [-0.3, -0.25) is 4.98 Å². The lowest BCUT2D eigenvalue weighted by Crippen LogP contribution is -1.93. The number of nitrogens with zero attached hydrogens (tertiary/aromatic N) is 1.